The van der Waals surface area contributed by atoms with Crippen molar-refractivity contribution >= 4 is 27.6 Å². The van der Waals surface area contributed by atoms with Crippen molar-refractivity contribution < 1.29 is 14.3 Å². The normalized spacial score (nSPS) is 10.5. The fraction of sp³-hybridized carbons (Fsp3) is 0.286. The minimum atomic E-state index is -0.449. The smallest absolute Gasteiger partial charge is 0.338 e. The van der Waals surface area contributed by atoms with Crippen LogP contribution in [0.25, 0.3) is 0 Å². The Balaban J connectivity index is 2.10. The maximum atomic E-state index is 12.0. The first-order valence-corrected chi connectivity index (χ1v) is 7.02. The zero-order chi connectivity index (χ0) is 15.6. The average Bonchev–Trinajstić information content (AvgIpc) is 2.69. The lowest BCUT2D eigenvalue weighted by Gasteiger charge is -2.08. The van der Waals surface area contributed by atoms with E-state index in [0.29, 0.717) is 17.0 Å². The van der Waals surface area contributed by atoms with Gasteiger partial charge in [0.05, 0.1) is 34.2 Å². The van der Waals surface area contributed by atoms with Gasteiger partial charge in [0.2, 0.25) is 0 Å². The minimum Gasteiger partial charge on any atom is -0.495 e. The van der Waals surface area contributed by atoms with Crippen molar-refractivity contribution in [3.8, 4) is 5.75 Å². The Morgan fingerprint density at radius 3 is 2.71 bits per heavy atom. The average molecular weight is 354 g/mol. The largest absolute Gasteiger partial charge is 0.495 e. The molecule has 0 spiro atoms. The molecule has 0 bridgehead atoms. The molecule has 0 amide bonds. The van der Waals surface area contributed by atoms with Crippen molar-refractivity contribution in [2.45, 2.75) is 13.5 Å². The molecule has 0 atom stereocenters. The highest BCUT2D eigenvalue weighted by molar-refractivity contribution is 9.10. The summed E-state index contributed by atoms with van der Waals surface area (Å²) in [6.45, 7) is 2.00. The number of anilines is 1. The van der Waals surface area contributed by atoms with Crippen molar-refractivity contribution in [3.05, 3.63) is 39.6 Å². The first-order valence-electron chi connectivity index (χ1n) is 6.22. The number of aryl methyl sites for hydroxylation is 2. The molecular formula is C14H16BrN3O3. The van der Waals surface area contributed by atoms with E-state index >= 15 is 0 Å². The van der Waals surface area contributed by atoms with Gasteiger partial charge >= 0.3 is 5.97 Å². The van der Waals surface area contributed by atoms with E-state index in [9.17, 15) is 4.79 Å². The molecule has 1 aromatic carbocycles. The topological polar surface area (TPSA) is 79.4 Å². The molecule has 0 radical (unpaired) electrons. The molecule has 21 heavy (non-hydrogen) atoms. The van der Waals surface area contributed by atoms with E-state index in [1.807, 2.05) is 6.92 Å². The third kappa shape index (κ3) is 3.18. The number of nitrogen functional groups attached to an aromatic ring is 1. The minimum absolute atomic E-state index is 0.128. The van der Waals surface area contributed by atoms with Crippen LogP contribution in [-0.4, -0.2) is 22.9 Å². The molecule has 0 unspecified atom stereocenters. The SMILES string of the molecule is COc1ccc(C(=O)OCc2c(Br)c(C)nn2C)cc1N. The third-order valence-electron chi connectivity index (χ3n) is 3.07. The van der Waals surface area contributed by atoms with E-state index in [4.69, 9.17) is 15.2 Å². The monoisotopic (exact) mass is 353 g/mol. The number of ether oxygens (including phenoxy) is 2. The van der Waals surface area contributed by atoms with Gasteiger partial charge in [-0.25, -0.2) is 4.79 Å². The number of hydrogen-bond donors (Lipinski definition) is 1. The molecule has 1 aromatic heterocycles. The van der Waals surface area contributed by atoms with Gasteiger partial charge in [0.1, 0.15) is 12.4 Å². The highest BCUT2D eigenvalue weighted by atomic mass is 79.9. The number of rotatable bonds is 4. The highest BCUT2D eigenvalue weighted by Crippen LogP contribution is 2.24. The Labute approximate surface area is 131 Å². The molecule has 2 aromatic rings. The van der Waals surface area contributed by atoms with E-state index in [-0.39, 0.29) is 6.61 Å². The molecule has 2 rings (SSSR count). The van der Waals surface area contributed by atoms with Gasteiger partial charge in [-0.15, -0.1) is 0 Å². The van der Waals surface area contributed by atoms with Crippen molar-refractivity contribution in [3.63, 3.8) is 0 Å². The Hall–Kier alpha value is -2.02. The van der Waals surface area contributed by atoms with Crippen LogP contribution in [0.5, 0.6) is 5.75 Å². The van der Waals surface area contributed by atoms with Crippen LogP contribution >= 0.6 is 15.9 Å². The summed E-state index contributed by atoms with van der Waals surface area (Å²) in [5.74, 6) is 0.0756. The lowest BCUT2D eigenvalue weighted by molar-refractivity contribution is 0.0462. The fourth-order valence-corrected chi connectivity index (χ4v) is 2.37. The fourth-order valence-electron chi connectivity index (χ4n) is 1.92. The number of nitrogens with two attached hydrogens (primary N) is 1. The second kappa shape index (κ2) is 6.17. The number of nitrogens with zero attached hydrogens (tertiary/aromatic N) is 2. The van der Waals surface area contributed by atoms with Gasteiger partial charge < -0.3 is 15.2 Å². The van der Waals surface area contributed by atoms with Crippen molar-refractivity contribution in [1.29, 1.82) is 0 Å². The summed E-state index contributed by atoms with van der Waals surface area (Å²) in [6.07, 6.45) is 0. The van der Waals surface area contributed by atoms with Crippen LogP contribution in [0.4, 0.5) is 5.69 Å². The van der Waals surface area contributed by atoms with Crippen molar-refractivity contribution in [2.75, 3.05) is 12.8 Å². The number of carbonyl (C=O) groups is 1. The van der Waals surface area contributed by atoms with E-state index in [1.54, 1.807) is 23.9 Å². The van der Waals surface area contributed by atoms with Gasteiger partial charge in [-0.1, -0.05) is 0 Å². The Morgan fingerprint density at radius 1 is 1.48 bits per heavy atom. The van der Waals surface area contributed by atoms with Crippen molar-refractivity contribution in [1.82, 2.24) is 9.78 Å². The van der Waals surface area contributed by atoms with Crippen molar-refractivity contribution in [2.24, 2.45) is 7.05 Å². The predicted octanol–water partition coefficient (Wildman–Crippen LogP) is 2.44. The summed E-state index contributed by atoms with van der Waals surface area (Å²) in [4.78, 5) is 12.0. The highest BCUT2D eigenvalue weighted by Gasteiger charge is 2.15. The Bertz CT molecular complexity index is 682. The standard InChI is InChI=1S/C14H16BrN3O3/c1-8-13(15)11(18(2)17-8)7-21-14(19)9-4-5-12(20-3)10(16)6-9/h4-6H,7,16H2,1-3H3. The zero-order valence-electron chi connectivity index (χ0n) is 12.0. The van der Waals surface area contributed by atoms with E-state index < -0.39 is 5.97 Å². The summed E-state index contributed by atoms with van der Waals surface area (Å²) >= 11 is 3.43. The molecule has 0 aliphatic carbocycles. The number of methoxy groups -OCH3 is 1. The second-order valence-corrected chi connectivity index (χ2v) is 5.30. The van der Waals surface area contributed by atoms with Gasteiger partial charge in [-0.3, -0.25) is 4.68 Å². The zero-order valence-corrected chi connectivity index (χ0v) is 13.6. The van der Waals surface area contributed by atoms with Gasteiger partial charge in [0.15, 0.2) is 0 Å². The van der Waals surface area contributed by atoms with Crippen LogP contribution in [0, 0.1) is 6.92 Å². The molecule has 0 saturated heterocycles. The van der Waals surface area contributed by atoms with Crippen LogP contribution in [0.1, 0.15) is 21.7 Å². The third-order valence-corrected chi connectivity index (χ3v) is 4.10. The maximum Gasteiger partial charge on any atom is 0.338 e. The number of esters is 1. The summed E-state index contributed by atoms with van der Waals surface area (Å²) in [6, 6.07) is 4.78. The molecule has 0 aliphatic rings. The predicted molar refractivity (Wildman–Crippen MR) is 82.2 cm³/mol. The molecule has 0 aliphatic heterocycles. The molecule has 112 valence electrons. The summed E-state index contributed by atoms with van der Waals surface area (Å²) < 4.78 is 12.9. The molecule has 0 fully saturated rings. The Morgan fingerprint density at radius 2 is 2.19 bits per heavy atom. The summed E-state index contributed by atoms with van der Waals surface area (Å²) in [5, 5.41) is 4.24. The lowest BCUT2D eigenvalue weighted by Crippen LogP contribution is -2.09. The summed E-state index contributed by atoms with van der Waals surface area (Å²) in [5.41, 5.74) is 8.18. The van der Waals surface area contributed by atoms with Gasteiger partial charge in [0, 0.05) is 7.05 Å². The molecule has 0 saturated carbocycles. The number of aromatic nitrogens is 2. The molecule has 2 N–H and O–H groups in total. The van der Waals surface area contributed by atoms with Crippen LogP contribution in [0.15, 0.2) is 22.7 Å². The quantitative estimate of drug-likeness (QED) is 0.674. The lowest BCUT2D eigenvalue weighted by atomic mass is 10.2. The number of hydrogen-bond acceptors (Lipinski definition) is 5. The first-order chi connectivity index (χ1) is 9.93. The van der Waals surface area contributed by atoms with Crippen LogP contribution in [0.3, 0.4) is 0 Å². The maximum absolute atomic E-state index is 12.0. The molecular weight excluding hydrogens is 338 g/mol. The van der Waals surface area contributed by atoms with E-state index in [2.05, 4.69) is 21.0 Å². The summed E-state index contributed by atoms with van der Waals surface area (Å²) in [7, 11) is 3.32. The second-order valence-electron chi connectivity index (χ2n) is 4.50. The molecule has 7 heteroatoms. The number of carbonyl (C=O) groups excluding carboxylic acids is 1. The first kappa shape index (κ1) is 15.4. The molecule has 1 heterocycles. The van der Waals surface area contributed by atoms with Gasteiger partial charge in [0.25, 0.3) is 0 Å². The number of benzene rings is 1. The van der Waals surface area contributed by atoms with E-state index in [1.165, 1.54) is 13.2 Å². The van der Waals surface area contributed by atoms with Crippen LogP contribution in [0.2, 0.25) is 0 Å². The number of halogens is 1. The van der Waals surface area contributed by atoms with Crippen LogP contribution in [-0.2, 0) is 18.4 Å². The van der Waals surface area contributed by atoms with Crippen LogP contribution < -0.4 is 10.5 Å². The van der Waals surface area contributed by atoms with Gasteiger partial charge in [-0.2, -0.15) is 5.10 Å². The Kier molecular flexibility index (Phi) is 4.52. The van der Waals surface area contributed by atoms with Gasteiger partial charge in [-0.05, 0) is 41.1 Å². The van der Waals surface area contributed by atoms with E-state index in [0.717, 1.165) is 15.9 Å². The molecule has 6 nitrogen and oxygen atoms in total.